The molecule has 0 spiro atoms. The summed E-state index contributed by atoms with van der Waals surface area (Å²) in [6.45, 7) is 6.45. The van der Waals surface area contributed by atoms with Gasteiger partial charge in [-0.15, -0.1) is 0 Å². The molecule has 0 aliphatic rings. The van der Waals surface area contributed by atoms with Crippen molar-refractivity contribution in [3.63, 3.8) is 0 Å². The minimum Gasteiger partial charge on any atom is -0.462 e. The van der Waals surface area contributed by atoms with Crippen LogP contribution in [0.5, 0.6) is 0 Å². The van der Waals surface area contributed by atoms with Crippen molar-refractivity contribution in [2.24, 2.45) is 0 Å². The Balaban J connectivity index is 4.18. The van der Waals surface area contributed by atoms with E-state index < -0.39 is 6.10 Å². The SMILES string of the molecule is CC/C=C\C/C=C\C/C=C\CCCCCC(=O)OC(COC(=O)CCCCCCCC)COC(=O)CCCCCCCCCCCCCCCCCCCCCC. The number of rotatable bonds is 44. The number of ether oxygens (including phenoxy) is 3. The molecule has 0 amide bonds. The van der Waals surface area contributed by atoms with E-state index in [0.29, 0.717) is 19.3 Å². The molecule has 0 N–H and O–H groups in total. The topological polar surface area (TPSA) is 78.9 Å². The van der Waals surface area contributed by atoms with E-state index in [0.717, 1.165) is 83.5 Å². The maximum atomic E-state index is 12.7. The third kappa shape index (κ3) is 44.6. The first-order valence-electron chi connectivity index (χ1n) is 24.5. The molecule has 0 aliphatic carbocycles. The van der Waals surface area contributed by atoms with Crippen LogP contribution in [0.25, 0.3) is 0 Å². The highest BCUT2D eigenvalue weighted by atomic mass is 16.6. The van der Waals surface area contributed by atoms with E-state index in [1.54, 1.807) is 0 Å². The van der Waals surface area contributed by atoms with Crippen LogP contribution >= 0.6 is 0 Å². The van der Waals surface area contributed by atoms with Gasteiger partial charge in [0.2, 0.25) is 0 Å². The molecule has 332 valence electrons. The van der Waals surface area contributed by atoms with Crippen LogP contribution < -0.4 is 0 Å². The average Bonchev–Trinajstić information content (AvgIpc) is 3.21. The van der Waals surface area contributed by atoms with Crippen molar-refractivity contribution in [1.29, 1.82) is 0 Å². The molecular weight excluding hydrogens is 709 g/mol. The molecule has 0 saturated heterocycles. The molecule has 0 aromatic heterocycles. The summed E-state index contributed by atoms with van der Waals surface area (Å²) in [7, 11) is 0. The van der Waals surface area contributed by atoms with E-state index in [1.807, 2.05) is 0 Å². The first-order valence-corrected chi connectivity index (χ1v) is 24.5. The predicted molar refractivity (Wildman–Crippen MR) is 242 cm³/mol. The molecule has 0 bridgehead atoms. The van der Waals surface area contributed by atoms with Crippen LogP contribution in [0.2, 0.25) is 0 Å². The predicted octanol–water partition coefficient (Wildman–Crippen LogP) is 15.8. The van der Waals surface area contributed by atoms with E-state index in [2.05, 4.69) is 57.2 Å². The highest BCUT2D eigenvalue weighted by molar-refractivity contribution is 5.71. The summed E-state index contributed by atoms with van der Waals surface area (Å²) in [6.07, 6.45) is 53.0. The first kappa shape index (κ1) is 54.6. The Morgan fingerprint density at radius 3 is 1.07 bits per heavy atom. The van der Waals surface area contributed by atoms with Crippen LogP contribution in [0.4, 0.5) is 0 Å². The second-order valence-electron chi connectivity index (χ2n) is 16.4. The van der Waals surface area contributed by atoms with Crippen LogP contribution in [0, 0.1) is 0 Å². The van der Waals surface area contributed by atoms with E-state index in [-0.39, 0.29) is 31.1 Å². The number of carbonyl (C=O) groups excluding carboxylic acids is 3. The minimum atomic E-state index is -0.779. The van der Waals surface area contributed by atoms with Crippen molar-refractivity contribution in [2.45, 2.75) is 258 Å². The first-order chi connectivity index (χ1) is 28.0. The Kier molecular flexibility index (Phi) is 44.4. The maximum absolute atomic E-state index is 12.7. The van der Waals surface area contributed by atoms with Gasteiger partial charge in [-0.2, -0.15) is 0 Å². The van der Waals surface area contributed by atoms with Crippen molar-refractivity contribution in [3.8, 4) is 0 Å². The lowest BCUT2D eigenvalue weighted by molar-refractivity contribution is -0.167. The smallest absolute Gasteiger partial charge is 0.306 e. The van der Waals surface area contributed by atoms with Crippen molar-refractivity contribution in [1.82, 2.24) is 0 Å². The van der Waals surface area contributed by atoms with Gasteiger partial charge in [0.25, 0.3) is 0 Å². The van der Waals surface area contributed by atoms with Crippen LogP contribution in [-0.2, 0) is 28.6 Å². The Bertz CT molecular complexity index is 969. The molecule has 6 heteroatoms. The Hall–Kier alpha value is -2.37. The molecule has 0 rings (SSSR count). The molecular formula is C51H92O6. The Morgan fingerprint density at radius 2 is 0.684 bits per heavy atom. The van der Waals surface area contributed by atoms with Gasteiger partial charge in [0.1, 0.15) is 13.2 Å². The monoisotopic (exact) mass is 801 g/mol. The van der Waals surface area contributed by atoms with Crippen LogP contribution in [-0.4, -0.2) is 37.2 Å². The van der Waals surface area contributed by atoms with Gasteiger partial charge in [0.15, 0.2) is 6.10 Å². The third-order valence-corrected chi connectivity index (χ3v) is 10.7. The second-order valence-corrected chi connectivity index (χ2v) is 16.4. The number of allylic oxidation sites excluding steroid dienone is 6. The van der Waals surface area contributed by atoms with Crippen molar-refractivity contribution in [2.75, 3.05) is 13.2 Å². The van der Waals surface area contributed by atoms with Gasteiger partial charge >= 0.3 is 17.9 Å². The standard InChI is InChI=1S/C51H92O6/c1-4-7-10-13-16-18-20-22-23-24-25-26-27-28-30-31-33-35-38-41-44-50(53)56-47-48(46-55-49(52)43-40-37-15-12-9-6-3)57-51(54)45-42-39-36-34-32-29-21-19-17-14-11-8-5-2/h8,11,17,19,29,32,48H,4-7,9-10,12-16,18,20-28,30-31,33-47H2,1-3H3/b11-8-,19-17-,32-29-. The van der Waals surface area contributed by atoms with Gasteiger partial charge in [-0.1, -0.05) is 218 Å². The van der Waals surface area contributed by atoms with Gasteiger partial charge in [-0.3, -0.25) is 14.4 Å². The van der Waals surface area contributed by atoms with Crippen molar-refractivity contribution >= 4 is 17.9 Å². The normalized spacial score (nSPS) is 12.3. The lowest BCUT2D eigenvalue weighted by Gasteiger charge is -2.18. The zero-order chi connectivity index (χ0) is 41.5. The molecule has 1 unspecified atom stereocenters. The summed E-state index contributed by atoms with van der Waals surface area (Å²) in [5.74, 6) is -0.914. The molecule has 57 heavy (non-hydrogen) atoms. The average molecular weight is 801 g/mol. The molecule has 1 atom stereocenters. The summed E-state index contributed by atoms with van der Waals surface area (Å²) in [5.41, 5.74) is 0. The Labute approximate surface area is 353 Å². The van der Waals surface area contributed by atoms with E-state index in [4.69, 9.17) is 14.2 Å². The fourth-order valence-electron chi connectivity index (χ4n) is 6.99. The fourth-order valence-corrected chi connectivity index (χ4v) is 6.99. The van der Waals surface area contributed by atoms with Crippen LogP contribution in [0.1, 0.15) is 252 Å². The number of hydrogen-bond acceptors (Lipinski definition) is 6. The quantitative estimate of drug-likeness (QED) is 0.0264. The van der Waals surface area contributed by atoms with E-state index in [9.17, 15) is 14.4 Å². The third-order valence-electron chi connectivity index (χ3n) is 10.7. The van der Waals surface area contributed by atoms with Gasteiger partial charge in [-0.25, -0.2) is 0 Å². The van der Waals surface area contributed by atoms with Gasteiger partial charge in [0, 0.05) is 19.3 Å². The van der Waals surface area contributed by atoms with Gasteiger partial charge in [-0.05, 0) is 51.4 Å². The number of hydrogen-bond donors (Lipinski definition) is 0. The molecule has 0 heterocycles. The molecule has 0 radical (unpaired) electrons. The minimum absolute atomic E-state index is 0.0812. The summed E-state index contributed by atoms with van der Waals surface area (Å²) in [4.78, 5) is 37.6. The molecule has 0 aromatic rings. The van der Waals surface area contributed by atoms with E-state index >= 15 is 0 Å². The van der Waals surface area contributed by atoms with Crippen molar-refractivity contribution < 1.29 is 28.6 Å². The summed E-state index contributed by atoms with van der Waals surface area (Å²) >= 11 is 0. The summed E-state index contributed by atoms with van der Waals surface area (Å²) in [5, 5.41) is 0. The molecule has 0 saturated carbocycles. The van der Waals surface area contributed by atoms with Crippen LogP contribution in [0.15, 0.2) is 36.5 Å². The lowest BCUT2D eigenvalue weighted by atomic mass is 10.0. The second kappa shape index (κ2) is 46.3. The zero-order valence-corrected chi connectivity index (χ0v) is 37.9. The summed E-state index contributed by atoms with van der Waals surface area (Å²) < 4.78 is 16.6. The van der Waals surface area contributed by atoms with Gasteiger partial charge < -0.3 is 14.2 Å². The highest BCUT2D eigenvalue weighted by Gasteiger charge is 2.19. The highest BCUT2D eigenvalue weighted by Crippen LogP contribution is 2.16. The molecule has 6 nitrogen and oxygen atoms in total. The lowest BCUT2D eigenvalue weighted by Crippen LogP contribution is -2.30. The molecule has 0 aromatic carbocycles. The number of unbranched alkanes of at least 4 members (excludes halogenated alkanes) is 27. The Morgan fingerprint density at radius 1 is 0.368 bits per heavy atom. The largest absolute Gasteiger partial charge is 0.462 e. The van der Waals surface area contributed by atoms with E-state index in [1.165, 1.54) is 128 Å². The van der Waals surface area contributed by atoms with Crippen molar-refractivity contribution in [3.05, 3.63) is 36.5 Å². The molecule has 0 aliphatic heterocycles. The number of carbonyl (C=O) groups is 3. The summed E-state index contributed by atoms with van der Waals surface area (Å²) in [6, 6.07) is 0. The maximum Gasteiger partial charge on any atom is 0.306 e. The molecule has 0 fully saturated rings. The van der Waals surface area contributed by atoms with Gasteiger partial charge in [0.05, 0.1) is 0 Å². The zero-order valence-electron chi connectivity index (χ0n) is 37.9. The van der Waals surface area contributed by atoms with Crippen LogP contribution in [0.3, 0.4) is 0 Å². The number of esters is 3. The fraction of sp³-hybridized carbons (Fsp3) is 0.824.